The molecule has 0 amide bonds. The molecule has 1 fully saturated rings. The lowest BCUT2D eigenvalue weighted by molar-refractivity contribution is 0.121. The van der Waals surface area contributed by atoms with Crippen LogP contribution >= 0.6 is 0 Å². The van der Waals surface area contributed by atoms with Gasteiger partial charge in [0.15, 0.2) is 0 Å². The minimum Gasteiger partial charge on any atom is -0.308 e. The molecule has 18 heavy (non-hydrogen) atoms. The predicted molar refractivity (Wildman–Crippen MR) is 80.1 cm³/mol. The van der Waals surface area contributed by atoms with Crippen LogP contribution in [0.3, 0.4) is 0 Å². The van der Waals surface area contributed by atoms with Crippen LogP contribution in [-0.4, -0.2) is 75.1 Å². The summed E-state index contributed by atoms with van der Waals surface area (Å²) in [5.41, 5.74) is 0. The third-order valence-corrected chi connectivity index (χ3v) is 4.17. The van der Waals surface area contributed by atoms with Crippen molar-refractivity contribution in [3.8, 4) is 0 Å². The molecule has 0 unspecified atom stereocenters. The fourth-order valence-electron chi connectivity index (χ4n) is 2.74. The van der Waals surface area contributed by atoms with Gasteiger partial charge in [-0.3, -0.25) is 4.90 Å². The van der Waals surface area contributed by atoms with Gasteiger partial charge in [-0.2, -0.15) is 0 Å². The second-order valence-corrected chi connectivity index (χ2v) is 6.56. The Bertz CT molecular complexity index is 196. The summed E-state index contributed by atoms with van der Waals surface area (Å²) in [5, 5.41) is 0. The molecule has 1 aliphatic carbocycles. The van der Waals surface area contributed by atoms with Gasteiger partial charge in [-0.05, 0) is 59.8 Å². The highest BCUT2D eigenvalue weighted by Gasteiger charge is 2.23. The fourth-order valence-corrected chi connectivity index (χ4v) is 2.74. The SMILES string of the molecule is CC1CCC(N(CCN(C)C)CCN(C)C)CC1. The van der Waals surface area contributed by atoms with Crippen LogP contribution in [0.15, 0.2) is 0 Å². The van der Waals surface area contributed by atoms with Gasteiger partial charge >= 0.3 is 0 Å². The molecule has 0 aliphatic heterocycles. The van der Waals surface area contributed by atoms with Crippen molar-refractivity contribution in [2.45, 2.75) is 38.6 Å². The van der Waals surface area contributed by atoms with Gasteiger partial charge in [-0.25, -0.2) is 0 Å². The van der Waals surface area contributed by atoms with Crippen LogP contribution in [0, 0.1) is 5.92 Å². The summed E-state index contributed by atoms with van der Waals surface area (Å²) < 4.78 is 0. The van der Waals surface area contributed by atoms with Crippen LogP contribution in [0.2, 0.25) is 0 Å². The first-order valence-corrected chi connectivity index (χ1v) is 7.52. The first-order valence-electron chi connectivity index (χ1n) is 7.52. The quantitative estimate of drug-likeness (QED) is 0.689. The summed E-state index contributed by atoms with van der Waals surface area (Å²) in [6, 6.07) is 0.834. The summed E-state index contributed by atoms with van der Waals surface area (Å²) in [7, 11) is 8.69. The topological polar surface area (TPSA) is 9.72 Å². The molecular formula is C15H33N3. The lowest BCUT2D eigenvalue weighted by Crippen LogP contribution is -2.44. The Balaban J connectivity index is 2.42. The molecule has 0 N–H and O–H groups in total. The normalized spacial score (nSPS) is 25.3. The number of rotatable bonds is 7. The van der Waals surface area contributed by atoms with Gasteiger partial charge in [0.05, 0.1) is 0 Å². The maximum atomic E-state index is 2.73. The largest absolute Gasteiger partial charge is 0.308 e. The van der Waals surface area contributed by atoms with Gasteiger partial charge in [0.1, 0.15) is 0 Å². The van der Waals surface area contributed by atoms with Crippen LogP contribution in [0.1, 0.15) is 32.6 Å². The first-order chi connectivity index (χ1) is 8.49. The van der Waals surface area contributed by atoms with Crippen molar-refractivity contribution >= 4 is 0 Å². The highest BCUT2D eigenvalue weighted by atomic mass is 15.2. The van der Waals surface area contributed by atoms with Gasteiger partial charge in [-0.15, -0.1) is 0 Å². The van der Waals surface area contributed by atoms with E-state index >= 15 is 0 Å². The Morgan fingerprint density at radius 1 is 0.722 bits per heavy atom. The van der Waals surface area contributed by atoms with Crippen molar-refractivity contribution in [3.05, 3.63) is 0 Å². The third-order valence-electron chi connectivity index (χ3n) is 4.17. The van der Waals surface area contributed by atoms with Gasteiger partial charge in [0.25, 0.3) is 0 Å². The van der Waals surface area contributed by atoms with E-state index in [0.717, 1.165) is 12.0 Å². The van der Waals surface area contributed by atoms with E-state index in [1.165, 1.54) is 51.9 Å². The second-order valence-electron chi connectivity index (χ2n) is 6.56. The molecule has 0 heterocycles. The Morgan fingerprint density at radius 3 is 1.56 bits per heavy atom. The zero-order chi connectivity index (χ0) is 13.5. The highest BCUT2D eigenvalue weighted by Crippen LogP contribution is 2.26. The van der Waals surface area contributed by atoms with Gasteiger partial charge < -0.3 is 9.80 Å². The van der Waals surface area contributed by atoms with Crippen molar-refractivity contribution in [3.63, 3.8) is 0 Å². The van der Waals surface area contributed by atoms with Crippen molar-refractivity contribution < 1.29 is 0 Å². The Hall–Kier alpha value is -0.120. The smallest absolute Gasteiger partial charge is 0.0113 e. The van der Waals surface area contributed by atoms with E-state index in [4.69, 9.17) is 0 Å². The van der Waals surface area contributed by atoms with E-state index < -0.39 is 0 Å². The molecule has 0 saturated heterocycles. The number of hydrogen-bond acceptors (Lipinski definition) is 3. The van der Waals surface area contributed by atoms with E-state index in [0.29, 0.717) is 0 Å². The van der Waals surface area contributed by atoms with Crippen LogP contribution < -0.4 is 0 Å². The van der Waals surface area contributed by atoms with E-state index in [2.05, 4.69) is 49.8 Å². The van der Waals surface area contributed by atoms with Gasteiger partial charge in [-0.1, -0.05) is 6.92 Å². The molecule has 0 aromatic carbocycles. The van der Waals surface area contributed by atoms with Crippen molar-refractivity contribution in [1.82, 2.24) is 14.7 Å². The summed E-state index contributed by atoms with van der Waals surface area (Å²) >= 11 is 0. The highest BCUT2D eigenvalue weighted by molar-refractivity contribution is 4.79. The number of nitrogens with zero attached hydrogens (tertiary/aromatic N) is 3. The third kappa shape index (κ3) is 6.17. The van der Waals surface area contributed by atoms with Crippen LogP contribution in [0.4, 0.5) is 0 Å². The molecule has 1 rings (SSSR count). The molecule has 3 heteroatoms. The molecule has 0 aromatic heterocycles. The fraction of sp³-hybridized carbons (Fsp3) is 1.00. The van der Waals surface area contributed by atoms with Gasteiger partial charge in [0, 0.05) is 32.2 Å². The molecule has 1 aliphatic rings. The molecule has 0 spiro atoms. The standard InChI is InChI=1S/C15H33N3/c1-14-6-8-15(9-7-14)18(12-10-16(2)3)13-11-17(4)5/h14-15H,6-13H2,1-5H3. The molecule has 108 valence electrons. The minimum absolute atomic E-state index is 0.834. The van der Waals surface area contributed by atoms with Crippen LogP contribution in [0.5, 0.6) is 0 Å². The molecule has 0 atom stereocenters. The van der Waals surface area contributed by atoms with E-state index in [-0.39, 0.29) is 0 Å². The Labute approximate surface area is 114 Å². The Morgan fingerprint density at radius 2 is 1.17 bits per heavy atom. The summed E-state index contributed by atoms with van der Waals surface area (Å²) in [4.78, 5) is 7.33. The minimum atomic E-state index is 0.834. The Kier molecular flexibility index (Phi) is 7.20. The molecular weight excluding hydrogens is 222 g/mol. The molecule has 0 bridgehead atoms. The monoisotopic (exact) mass is 255 g/mol. The molecule has 0 aromatic rings. The number of likely N-dealkylation sites (N-methyl/N-ethyl adjacent to an activating group) is 2. The lowest BCUT2D eigenvalue weighted by Gasteiger charge is -2.37. The zero-order valence-corrected chi connectivity index (χ0v) is 13.2. The summed E-state index contributed by atoms with van der Waals surface area (Å²) in [6.07, 6.45) is 5.65. The van der Waals surface area contributed by atoms with Crippen molar-refractivity contribution in [2.75, 3.05) is 54.4 Å². The predicted octanol–water partition coefficient (Wildman–Crippen LogP) is 1.99. The molecule has 1 saturated carbocycles. The average molecular weight is 255 g/mol. The second kappa shape index (κ2) is 8.13. The maximum Gasteiger partial charge on any atom is 0.0113 e. The van der Waals surface area contributed by atoms with E-state index in [1.54, 1.807) is 0 Å². The summed E-state index contributed by atoms with van der Waals surface area (Å²) in [6.45, 7) is 7.21. The van der Waals surface area contributed by atoms with Crippen LogP contribution in [0.25, 0.3) is 0 Å². The molecule has 0 radical (unpaired) electrons. The van der Waals surface area contributed by atoms with Crippen LogP contribution in [-0.2, 0) is 0 Å². The first kappa shape index (κ1) is 15.9. The number of hydrogen-bond donors (Lipinski definition) is 0. The van der Waals surface area contributed by atoms with Crippen molar-refractivity contribution in [2.24, 2.45) is 5.92 Å². The summed E-state index contributed by atoms with van der Waals surface area (Å²) in [5.74, 6) is 0.950. The zero-order valence-electron chi connectivity index (χ0n) is 13.2. The average Bonchev–Trinajstić information content (AvgIpc) is 2.30. The maximum absolute atomic E-state index is 2.73. The lowest BCUT2D eigenvalue weighted by atomic mass is 9.86. The molecule has 3 nitrogen and oxygen atoms in total. The van der Waals surface area contributed by atoms with E-state index in [1.807, 2.05) is 0 Å². The van der Waals surface area contributed by atoms with E-state index in [9.17, 15) is 0 Å². The van der Waals surface area contributed by atoms with Crippen molar-refractivity contribution in [1.29, 1.82) is 0 Å². The van der Waals surface area contributed by atoms with Gasteiger partial charge in [0.2, 0.25) is 0 Å².